The number of hydrogen-bond acceptors (Lipinski definition) is 3. The quantitative estimate of drug-likeness (QED) is 0.766. The molecule has 0 saturated carbocycles. The first-order valence-corrected chi connectivity index (χ1v) is 9.65. The molecule has 1 aromatic heterocycles. The van der Waals surface area contributed by atoms with Crippen LogP contribution in [0.2, 0.25) is 0 Å². The summed E-state index contributed by atoms with van der Waals surface area (Å²) in [5, 5.41) is 4.18. The average molecular weight is 359 g/mol. The largest absolute Gasteiger partial charge is 0.339 e. The molecule has 0 unspecified atom stereocenters. The Morgan fingerprint density at radius 3 is 2.52 bits per heavy atom. The third-order valence-electron chi connectivity index (χ3n) is 5.41. The van der Waals surface area contributed by atoms with Crippen molar-refractivity contribution in [2.24, 2.45) is 5.92 Å². The van der Waals surface area contributed by atoms with Gasteiger partial charge in [-0.3, -0.25) is 4.79 Å². The van der Waals surface area contributed by atoms with Crippen molar-refractivity contribution in [2.45, 2.75) is 12.8 Å². The molecule has 1 saturated heterocycles. The summed E-state index contributed by atoms with van der Waals surface area (Å²) in [6.45, 7) is 2.67. The van der Waals surface area contributed by atoms with Gasteiger partial charge in [-0.05, 0) is 44.5 Å². The predicted octanol–water partition coefficient (Wildman–Crippen LogP) is 3.97. The molecule has 0 atom stereocenters. The lowest BCUT2D eigenvalue weighted by Crippen LogP contribution is -2.40. The monoisotopic (exact) mass is 359 g/mol. The molecule has 4 nitrogen and oxygen atoms in total. The Labute approximate surface area is 160 Å². The second-order valence-electron chi connectivity index (χ2n) is 7.23. The fourth-order valence-corrected chi connectivity index (χ4v) is 3.91. The summed E-state index contributed by atoms with van der Waals surface area (Å²) >= 11 is 0. The standard InChI is InChI=1S/C23H25N3O/c1-24-16-17-11-13-26(14-12-17)23(27)20-15-22(18-7-3-2-4-8-18)25-21-10-6-5-9-19(20)21/h2-10,15,17,24H,11-14,16H2,1H3. The van der Waals surface area contributed by atoms with Crippen LogP contribution in [-0.4, -0.2) is 42.5 Å². The molecule has 4 rings (SSSR count). The SMILES string of the molecule is CNCC1CCN(C(=O)c2cc(-c3ccccc3)nc3ccccc23)CC1. The minimum absolute atomic E-state index is 0.119. The summed E-state index contributed by atoms with van der Waals surface area (Å²) in [5.74, 6) is 0.779. The molecule has 138 valence electrons. The molecule has 2 aromatic carbocycles. The third-order valence-corrected chi connectivity index (χ3v) is 5.41. The number of fused-ring (bicyclic) bond motifs is 1. The maximum absolute atomic E-state index is 13.3. The van der Waals surface area contributed by atoms with Gasteiger partial charge in [0.05, 0.1) is 16.8 Å². The topological polar surface area (TPSA) is 45.2 Å². The first-order chi connectivity index (χ1) is 13.3. The van der Waals surface area contributed by atoms with Crippen molar-refractivity contribution in [3.8, 4) is 11.3 Å². The van der Waals surface area contributed by atoms with E-state index in [0.29, 0.717) is 5.92 Å². The molecule has 27 heavy (non-hydrogen) atoms. The molecule has 0 spiro atoms. The first-order valence-electron chi connectivity index (χ1n) is 9.65. The van der Waals surface area contributed by atoms with Crippen molar-refractivity contribution in [3.05, 3.63) is 66.2 Å². The fraction of sp³-hybridized carbons (Fsp3) is 0.304. The van der Waals surface area contributed by atoms with Gasteiger partial charge in [0.25, 0.3) is 5.91 Å². The number of piperidine rings is 1. The Hall–Kier alpha value is -2.72. The highest BCUT2D eigenvalue weighted by atomic mass is 16.2. The molecular formula is C23H25N3O. The zero-order chi connectivity index (χ0) is 18.6. The van der Waals surface area contributed by atoms with E-state index in [0.717, 1.165) is 60.2 Å². The molecule has 2 heterocycles. The number of nitrogens with one attached hydrogen (secondary N) is 1. The van der Waals surface area contributed by atoms with Crippen molar-refractivity contribution in [3.63, 3.8) is 0 Å². The summed E-state index contributed by atoms with van der Waals surface area (Å²) < 4.78 is 0. The number of benzene rings is 2. The van der Waals surface area contributed by atoms with Crippen LogP contribution in [0.1, 0.15) is 23.2 Å². The van der Waals surface area contributed by atoms with Crippen LogP contribution in [0, 0.1) is 5.92 Å². The molecule has 3 aromatic rings. The molecule has 1 N–H and O–H groups in total. The lowest BCUT2D eigenvalue weighted by molar-refractivity contribution is 0.0693. The third kappa shape index (κ3) is 3.71. The van der Waals surface area contributed by atoms with Crippen LogP contribution in [0.25, 0.3) is 22.2 Å². The number of likely N-dealkylation sites (tertiary alicyclic amines) is 1. The van der Waals surface area contributed by atoms with Gasteiger partial charge in [0.15, 0.2) is 0 Å². The zero-order valence-electron chi connectivity index (χ0n) is 15.7. The van der Waals surface area contributed by atoms with Gasteiger partial charge in [-0.25, -0.2) is 4.98 Å². The maximum Gasteiger partial charge on any atom is 0.254 e. The summed E-state index contributed by atoms with van der Waals surface area (Å²) in [6, 6.07) is 20.0. The van der Waals surface area contributed by atoms with Crippen LogP contribution in [0.15, 0.2) is 60.7 Å². The van der Waals surface area contributed by atoms with Gasteiger partial charge in [0, 0.05) is 24.0 Å². The predicted molar refractivity (Wildman–Crippen MR) is 110 cm³/mol. The molecule has 0 radical (unpaired) electrons. The van der Waals surface area contributed by atoms with Crippen LogP contribution in [-0.2, 0) is 0 Å². The summed E-state index contributed by atoms with van der Waals surface area (Å²) in [4.78, 5) is 20.1. The van der Waals surface area contributed by atoms with Crippen LogP contribution >= 0.6 is 0 Å². The normalized spacial score (nSPS) is 15.2. The molecule has 0 aliphatic carbocycles. The Bertz CT molecular complexity index is 931. The number of nitrogens with zero attached hydrogens (tertiary/aromatic N) is 2. The van der Waals surface area contributed by atoms with Gasteiger partial charge in [0.1, 0.15) is 0 Å². The van der Waals surface area contributed by atoms with Crippen LogP contribution in [0.4, 0.5) is 0 Å². The second kappa shape index (κ2) is 7.89. The highest BCUT2D eigenvalue weighted by Gasteiger charge is 2.25. The maximum atomic E-state index is 13.3. The van der Waals surface area contributed by atoms with Gasteiger partial charge in [-0.15, -0.1) is 0 Å². The fourth-order valence-electron chi connectivity index (χ4n) is 3.91. The van der Waals surface area contributed by atoms with E-state index < -0.39 is 0 Å². The molecular weight excluding hydrogens is 334 g/mol. The van der Waals surface area contributed by atoms with Gasteiger partial charge in [-0.1, -0.05) is 48.5 Å². The minimum Gasteiger partial charge on any atom is -0.339 e. The first kappa shape index (κ1) is 17.7. The van der Waals surface area contributed by atoms with Crippen molar-refractivity contribution >= 4 is 16.8 Å². The molecule has 1 aliphatic heterocycles. The van der Waals surface area contributed by atoms with Crippen LogP contribution in [0.3, 0.4) is 0 Å². The smallest absolute Gasteiger partial charge is 0.254 e. The number of aromatic nitrogens is 1. The highest BCUT2D eigenvalue weighted by molar-refractivity contribution is 6.07. The van der Waals surface area contributed by atoms with Gasteiger partial charge >= 0.3 is 0 Å². The van der Waals surface area contributed by atoms with Crippen LogP contribution in [0.5, 0.6) is 0 Å². The summed E-state index contributed by atoms with van der Waals surface area (Å²) in [6.07, 6.45) is 2.11. The molecule has 1 fully saturated rings. The summed E-state index contributed by atoms with van der Waals surface area (Å²) in [7, 11) is 1.99. The van der Waals surface area contributed by atoms with Crippen LogP contribution < -0.4 is 5.32 Å². The average Bonchev–Trinajstić information content (AvgIpc) is 2.74. The Morgan fingerprint density at radius 2 is 1.78 bits per heavy atom. The van der Waals surface area contributed by atoms with E-state index in [2.05, 4.69) is 5.32 Å². The highest BCUT2D eigenvalue weighted by Crippen LogP contribution is 2.27. The van der Waals surface area contributed by atoms with Gasteiger partial charge < -0.3 is 10.2 Å². The molecule has 0 bridgehead atoms. The number of carbonyl (C=O) groups is 1. The number of para-hydroxylation sites is 1. The lowest BCUT2D eigenvalue weighted by Gasteiger charge is -2.32. The van der Waals surface area contributed by atoms with E-state index in [-0.39, 0.29) is 5.91 Å². The molecule has 1 amide bonds. The lowest BCUT2D eigenvalue weighted by atomic mass is 9.95. The van der Waals surface area contributed by atoms with E-state index in [1.807, 2.05) is 72.6 Å². The number of hydrogen-bond donors (Lipinski definition) is 1. The number of pyridine rings is 1. The van der Waals surface area contributed by atoms with Gasteiger partial charge in [0.2, 0.25) is 0 Å². The Morgan fingerprint density at radius 1 is 1.07 bits per heavy atom. The second-order valence-corrected chi connectivity index (χ2v) is 7.23. The zero-order valence-corrected chi connectivity index (χ0v) is 15.7. The number of carbonyl (C=O) groups excluding carboxylic acids is 1. The molecule has 1 aliphatic rings. The van der Waals surface area contributed by atoms with Crippen molar-refractivity contribution in [1.82, 2.24) is 15.2 Å². The van der Waals surface area contributed by atoms with Crippen molar-refractivity contribution in [1.29, 1.82) is 0 Å². The Balaban J connectivity index is 1.69. The Kier molecular flexibility index (Phi) is 5.16. The van der Waals surface area contributed by atoms with E-state index in [1.165, 1.54) is 0 Å². The van der Waals surface area contributed by atoms with E-state index in [4.69, 9.17) is 4.98 Å². The van der Waals surface area contributed by atoms with Crippen molar-refractivity contribution < 1.29 is 4.79 Å². The molecule has 4 heteroatoms. The number of amides is 1. The van der Waals surface area contributed by atoms with Gasteiger partial charge in [-0.2, -0.15) is 0 Å². The minimum atomic E-state index is 0.119. The van der Waals surface area contributed by atoms with E-state index >= 15 is 0 Å². The number of rotatable bonds is 4. The van der Waals surface area contributed by atoms with Crippen molar-refractivity contribution in [2.75, 3.05) is 26.7 Å². The van der Waals surface area contributed by atoms with E-state index in [9.17, 15) is 4.79 Å². The summed E-state index contributed by atoms with van der Waals surface area (Å²) in [5.41, 5.74) is 3.51. The van der Waals surface area contributed by atoms with E-state index in [1.54, 1.807) is 0 Å².